The summed E-state index contributed by atoms with van der Waals surface area (Å²) in [6.07, 6.45) is 4.48. The van der Waals surface area contributed by atoms with Crippen molar-refractivity contribution in [2.75, 3.05) is 0 Å². The van der Waals surface area contributed by atoms with Gasteiger partial charge in [-0.1, -0.05) is 78.9 Å². The number of benzene rings is 3. The Morgan fingerprint density at radius 2 is 1.65 bits per heavy atom. The highest BCUT2D eigenvalue weighted by atomic mass is 16.1. The van der Waals surface area contributed by atoms with E-state index in [4.69, 9.17) is 0 Å². The van der Waals surface area contributed by atoms with Gasteiger partial charge in [0.1, 0.15) is 0 Å². The van der Waals surface area contributed by atoms with Crippen molar-refractivity contribution in [2.24, 2.45) is 0 Å². The first kappa shape index (κ1) is 18.1. The van der Waals surface area contributed by atoms with Crippen molar-refractivity contribution >= 4 is 16.6 Å². The van der Waals surface area contributed by atoms with Crippen LogP contribution in [0.3, 0.4) is 0 Å². The Morgan fingerprint density at radius 3 is 2.42 bits per heavy atom. The first-order valence-electron chi connectivity index (χ1n) is 9.01. The van der Waals surface area contributed by atoms with Crippen molar-refractivity contribution in [1.29, 1.82) is 0 Å². The second-order valence-corrected chi connectivity index (χ2v) is 7.02. The lowest BCUT2D eigenvalue weighted by molar-refractivity contribution is -0.112. The molecule has 0 saturated carbocycles. The molecule has 3 aromatic rings. The Hall–Kier alpha value is -2.71. The summed E-state index contributed by atoms with van der Waals surface area (Å²) in [4.78, 5) is 11.5. The van der Waals surface area contributed by atoms with Crippen LogP contribution in [0.4, 0.5) is 0 Å². The quantitative estimate of drug-likeness (QED) is 0.606. The van der Waals surface area contributed by atoms with Crippen molar-refractivity contribution in [3.05, 3.63) is 96.1 Å². The Kier molecular flexibility index (Phi) is 5.65. The molecule has 0 saturated heterocycles. The van der Waals surface area contributed by atoms with Gasteiger partial charge in [0, 0.05) is 12.1 Å². The molecule has 0 aromatic heterocycles. The summed E-state index contributed by atoms with van der Waals surface area (Å²) in [6, 6.07) is 25.2. The van der Waals surface area contributed by atoms with Gasteiger partial charge >= 0.3 is 0 Å². The summed E-state index contributed by atoms with van der Waals surface area (Å²) in [7, 11) is 0. The van der Waals surface area contributed by atoms with Crippen LogP contribution >= 0.6 is 0 Å². The molecule has 26 heavy (non-hydrogen) atoms. The Bertz CT molecular complexity index is 908. The zero-order chi connectivity index (χ0) is 18.4. The molecule has 2 nitrogen and oxygen atoms in total. The van der Waals surface area contributed by atoms with Gasteiger partial charge in [-0.05, 0) is 48.2 Å². The van der Waals surface area contributed by atoms with Crippen LogP contribution in [-0.4, -0.2) is 11.3 Å². The summed E-state index contributed by atoms with van der Waals surface area (Å²) in [5.41, 5.74) is 2.21. The van der Waals surface area contributed by atoms with Crippen LogP contribution < -0.4 is 5.32 Å². The first-order chi connectivity index (χ1) is 12.6. The van der Waals surface area contributed by atoms with Gasteiger partial charge in [-0.25, -0.2) is 0 Å². The SMILES string of the molecule is CC(=O)C=CC(C)(Cc1ccccc1)NCc1cccc2ccccc12. The smallest absolute Gasteiger partial charge is 0.152 e. The van der Waals surface area contributed by atoms with E-state index in [2.05, 4.69) is 79.0 Å². The first-order valence-corrected chi connectivity index (χ1v) is 9.01. The van der Waals surface area contributed by atoms with Gasteiger partial charge in [0.2, 0.25) is 0 Å². The fourth-order valence-electron chi connectivity index (χ4n) is 3.25. The number of ketones is 1. The highest BCUT2D eigenvalue weighted by molar-refractivity contribution is 5.87. The fraction of sp³-hybridized carbons (Fsp3) is 0.208. The van der Waals surface area contributed by atoms with E-state index in [-0.39, 0.29) is 11.3 Å². The normalized spacial score (nSPS) is 13.8. The number of allylic oxidation sites excluding steroid dienone is 1. The summed E-state index contributed by atoms with van der Waals surface area (Å²) in [5.74, 6) is 0.0660. The monoisotopic (exact) mass is 343 g/mol. The Morgan fingerprint density at radius 1 is 0.962 bits per heavy atom. The number of rotatable bonds is 7. The van der Waals surface area contributed by atoms with Gasteiger partial charge in [-0.2, -0.15) is 0 Å². The summed E-state index contributed by atoms with van der Waals surface area (Å²) in [5, 5.41) is 6.18. The van der Waals surface area contributed by atoms with Crippen LogP contribution in [0.15, 0.2) is 84.9 Å². The van der Waals surface area contributed by atoms with E-state index >= 15 is 0 Å². The number of fused-ring (bicyclic) bond motifs is 1. The average Bonchev–Trinajstić information content (AvgIpc) is 2.66. The predicted molar refractivity (Wildman–Crippen MR) is 109 cm³/mol. The molecule has 3 aromatic carbocycles. The molecule has 1 atom stereocenters. The van der Waals surface area contributed by atoms with Crippen molar-refractivity contribution in [1.82, 2.24) is 5.32 Å². The molecule has 0 spiro atoms. The summed E-state index contributed by atoms with van der Waals surface area (Å²) >= 11 is 0. The molecule has 132 valence electrons. The molecule has 0 bridgehead atoms. The molecule has 0 heterocycles. The average molecular weight is 343 g/mol. The predicted octanol–water partition coefficient (Wildman–Crippen LogP) is 5.08. The van der Waals surface area contributed by atoms with Gasteiger partial charge in [0.25, 0.3) is 0 Å². The number of carbonyl (C=O) groups excluding carboxylic acids is 1. The number of hydrogen-bond donors (Lipinski definition) is 1. The fourth-order valence-corrected chi connectivity index (χ4v) is 3.25. The maximum Gasteiger partial charge on any atom is 0.152 e. The van der Waals surface area contributed by atoms with Gasteiger partial charge in [-0.15, -0.1) is 0 Å². The maximum atomic E-state index is 11.5. The largest absolute Gasteiger partial charge is 0.304 e. The molecule has 2 heteroatoms. The maximum absolute atomic E-state index is 11.5. The van der Waals surface area contributed by atoms with Crippen molar-refractivity contribution < 1.29 is 4.79 Å². The summed E-state index contributed by atoms with van der Waals surface area (Å²) < 4.78 is 0. The molecular weight excluding hydrogens is 318 g/mol. The second-order valence-electron chi connectivity index (χ2n) is 7.02. The van der Waals surface area contributed by atoms with Crippen molar-refractivity contribution in [2.45, 2.75) is 32.4 Å². The molecule has 0 aliphatic carbocycles. The van der Waals surface area contributed by atoms with Gasteiger partial charge < -0.3 is 5.32 Å². The minimum absolute atomic E-state index is 0.0660. The van der Waals surface area contributed by atoms with Crippen LogP contribution in [0.5, 0.6) is 0 Å². The molecule has 1 N–H and O–H groups in total. The van der Waals surface area contributed by atoms with E-state index in [0.717, 1.165) is 13.0 Å². The molecular formula is C24H25NO. The lowest BCUT2D eigenvalue weighted by Crippen LogP contribution is -2.42. The van der Waals surface area contributed by atoms with E-state index in [0.29, 0.717) is 0 Å². The highest BCUT2D eigenvalue weighted by Crippen LogP contribution is 2.21. The number of carbonyl (C=O) groups is 1. The lowest BCUT2D eigenvalue weighted by atomic mass is 9.91. The van der Waals surface area contributed by atoms with Crippen LogP contribution in [0, 0.1) is 0 Å². The van der Waals surface area contributed by atoms with Crippen LogP contribution in [0.25, 0.3) is 10.8 Å². The lowest BCUT2D eigenvalue weighted by Gasteiger charge is -2.28. The van der Waals surface area contributed by atoms with Crippen molar-refractivity contribution in [3.8, 4) is 0 Å². The van der Waals surface area contributed by atoms with E-state index in [1.54, 1.807) is 13.0 Å². The van der Waals surface area contributed by atoms with Crippen molar-refractivity contribution in [3.63, 3.8) is 0 Å². The van der Waals surface area contributed by atoms with E-state index in [1.165, 1.54) is 21.9 Å². The van der Waals surface area contributed by atoms with E-state index < -0.39 is 0 Å². The van der Waals surface area contributed by atoms with Gasteiger partial charge in [-0.3, -0.25) is 4.79 Å². The van der Waals surface area contributed by atoms with Gasteiger partial charge in [0.15, 0.2) is 5.78 Å². The Balaban J connectivity index is 1.84. The van der Waals surface area contributed by atoms with Gasteiger partial charge in [0.05, 0.1) is 0 Å². The highest BCUT2D eigenvalue weighted by Gasteiger charge is 2.21. The Labute approximate surface area is 155 Å². The van der Waals surface area contributed by atoms with Crippen LogP contribution in [-0.2, 0) is 17.8 Å². The van der Waals surface area contributed by atoms with Crippen LogP contribution in [0.1, 0.15) is 25.0 Å². The van der Waals surface area contributed by atoms with E-state index in [9.17, 15) is 4.79 Å². The molecule has 0 fully saturated rings. The standard InChI is InChI=1S/C24H25NO/c1-19(26)15-16-24(2,17-20-9-4-3-5-10-20)25-18-22-13-8-12-21-11-6-7-14-23(21)22/h3-16,25H,17-18H2,1-2H3. The van der Waals surface area contributed by atoms with Crippen LogP contribution in [0.2, 0.25) is 0 Å². The third kappa shape index (κ3) is 4.68. The zero-order valence-electron chi connectivity index (χ0n) is 15.4. The molecule has 0 amide bonds. The number of nitrogens with one attached hydrogen (secondary N) is 1. The minimum Gasteiger partial charge on any atom is -0.304 e. The molecule has 3 rings (SSSR count). The molecule has 1 unspecified atom stereocenters. The molecule has 0 radical (unpaired) electrons. The second kappa shape index (κ2) is 8.11. The third-order valence-electron chi connectivity index (χ3n) is 4.66. The zero-order valence-corrected chi connectivity index (χ0v) is 15.4. The summed E-state index contributed by atoms with van der Waals surface area (Å²) in [6.45, 7) is 4.47. The topological polar surface area (TPSA) is 29.1 Å². The third-order valence-corrected chi connectivity index (χ3v) is 4.66. The van der Waals surface area contributed by atoms with E-state index in [1.807, 2.05) is 12.1 Å². The number of hydrogen-bond acceptors (Lipinski definition) is 2. The molecule has 0 aliphatic heterocycles. The minimum atomic E-state index is -0.302. The molecule has 0 aliphatic rings.